The second kappa shape index (κ2) is 10.2. The van der Waals surface area contributed by atoms with Crippen molar-refractivity contribution in [2.45, 2.75) is 0 Å². The molecule has 1 radical (unpaired) electrons. The molecule has 8 nitrogen and oxygen atoms in total. The van der Waals surface area contributed by atoms with Gasteiger partial charge in [-0.05, 0) is 0 Å². The first-order valence-corrected chi connectivity index (χ1v) is 1.10. The van der Waals surface area contributed by atoms with Gasteiger partial charge in [0, 0.05) is 0 Å². The largest absolute Gasteiger partial charge is 2.00 e. The third kappa shape index (κ3) is 255. The van der Waals surface area contributed by atoms with E-state index in [1.54, 1.807) is 0 Å². The quantitative estimate of drug-likeness (QED) is 0.314. The Bertz CT molecular complexity index is 69.1. The summed E-state index contributed by atoms with van der Waals surface area (Å²) >= 11 is 0. The zero-order valence-electron chi connectivity index (χ0n) is 3.65. The van der Waals surface area contributed by atoms with Crippen molar-refractivity contribution in [2.75, 3.05) is 0 Å². The first kappa shape index (κ1) is 15.7. The molecule has 0 saturated heterocycles. The zero-order valence-corrected chi connectivity index (χ0v) is 5.13. The second-order valence-corrected chi connectivity index (χ2v) is 0.447. The fourth-order valence-corrected chi connectivity index (χ4v) is 0. The van der Waals surface area contributed by atoms with E-state index in [0.717, 1.165) is 0 Å². The molecule has 0 aromatic rings. The van der Waals surface area contributed by atoms with Crippen LogP contribution in [0.2, 0.25) is 0 Å². The Morgan fingerprint density at radius 3 is 0.778 bits per heavy atom. The number of nitrogens with zero attached hydrogens (tertiary/aromatic N) is 2. The summed E-state index contributed by atoms with van der Waals surface area (Å²) in [5.41, 5.74) is 0. The third-order valence-electron chi connectivity index (χ3n) is 0. The molecular weight excluding hydrogens is 232 g/mol. The molecule has 0 fully saturated rings. The molecule has 0 unspecified atom stereocenters. The van der Waals surface area contributed by atoms with Crippen molar-refractivity contribution in [3.05, 3.63) is 30.6 Å². The van der Waals surface area contributed by atoms with Gasteiger partial charge in [-0.15, -0.1) is 0 Å². The van der Waals surface area contributed by atoms with Crippen LogP contribution in [0, 0.1) is 30.6 Å². The molecule has 0 aliphatic rings. The van der Waals surface area contributed by atoms with Crippen LogP contribution in [0.25, 0.3) is 0 Å². The summed E-state index contributed by atoms with van der Waals surface area (Å²) in [5, 5.41) is 29.5. The van der Waals surface area contributed by atoms with Gasteiger partial charge >= 0.3 is 22.4 Å². The maximum absolute atomic E-state index is 8.25. The van der Waals surface area contributed by atoms with Crippen LogP contribution in [0.1, 0.15) is 0 Å². The molecule has 0 aromatic heterocycles. The summed E-state index contributed by atoms with van der Waals surface area (Å²) < 4.78 is 0. The smallest absolute Gasteiger partial charge is 0.356 e. The van der Waals surface area contributed by atoms with Crippen molar-refractivity contribution in [2.24, 2.45) is 0 Å². The van der Waals surface area contributed by atoms with E-state index in [-0.39, 0.29) is 22.4 Å². The van der Waals surface area contributed by atoms with Gasteiger partial charge in [-0.2, -0.15) is 0 Å². The molecule has 0 atom stereocenters. The van der Waals surface area contributed by atoms with E-state index in [9.17, 15) is 0 Å². The van der Waals surface area contributed by atoms with E-state index in [0.29, 0.717) is 0 Å². The standard InChI is InChI=1S/Ag.2NO3/c;2*2-1(3)4/q+2;2*-1. The molecule has 0 amide bonds. The van der Waals surface area contributed by atoms with Crippen molar-refractivity contribution in [3.63, 3.8) is 0 Å². The maximum atomic E-state index is 8.25. The minimum absolute atomic E-state index is 0. The van der Waals surface area contributed by atoms with E-state index < -0.39 is 10.2 Å². The maximum Gasteiger partial charge on any atom is 2.00 e. The van der Waals surface area contributed by atoms with E-state index in [2.05, 4.69) is 0 Å². The average Bonchev–Trinajstić information content (AvgIpc) is 1.25. The minimum Gasteiger partial charge on any atom is -0.356 e. The SMILES string of the molecule is O=[N+]([O-])[O-].O=[N+]([O-])[O-].[Ag+2]. The van der Waals surface area contributed by atoms with E-state index >= 15 is 0 Å². The van der Waals surface area contributed by atoms with Crippen molar-refractivity contribution < 1.29 is 32.6 Å². The Morgan fingerprint density at radius 2 is 0.778 bits per heavy atom. The molecule has 0 bridgehead atoms. The third-order valence-corrected chi connectivity index (χ3v) is 0. The predicted molar refractivity (Wildman–Crippen MR) is 20.7 cm³/mol. The summed E-state index contributed by atoms with van der Waals surface area (Å²) in [6.45, 7) is 0. The molecule has 0 saturated carbocycles. The topological polar surface area (TPSA) is 132 Å². The summed E-state index contributed by atoms with van der Waals surface area (Å²) in [5.74, 6) is 0. The average molecular weight is 232 g/mol. The van der Waals surface area contributed by atoms with E-state index in [1.165, 1.54) is 0 Å². The van der Waals surface area contributed by atoms with Crippen LogP contribution in [-0.4, -0.2) is 10.2 Å². The van der Waals surface area contributed by atoms with Gasteiger partial charge in [-0.3, -0.25) is 0 Å². The Kier molecular flexibility index (Phi) is 17.8. The van der Waals surface area contributed by atoms with Gasteiger partial charge in [0.05, 0.1) is 10.2 Å². The molecule has 0 aromatic carbocycles. The van der Waals surface area contributed by atoms with Gasteiger partial charge in [-0.25, -0.2) is 0 Å². The van der Waals surface area contributed by atoms with Gasteiger partial charge in [0.1, 0.15) is 0 Å². The number of hydrogen-bond acceptors (Lipinski definition) is 6. The van der Waals surface area contributed by atoms with Gasteiger partial charge in [0.15, 0.2) is 0 Å². The first-order valence-electron chi connectivity index (χ1n) is 1.10. The predicted octanol–water partition coefficient (Wildman–Crippen LogP) is -0.481. The van der Waals surface area contributed by atoms with Crippen LogP contribution < -0.4 is 0 Å². The van der Waals surface area contributed by atoms with Crippen molar-refractivity contribution in [1.29, 1.82) is 0 Å². The van der Waals surface area contributed by atoms with E-state index in [1.807, 2.05) is 0 Å². The molecule has 0 aliphatic carbocycles. The Hall–Kier alpha value is -0.860. The molecule has 9 heavy (non-hydrogen) atoms. The molecule has 0 N–H and O–H groups in total. The monoisotopic (exact) mass is 231 g/mol. The van der Waals surface area contributed by atoms with Crippen molar-refractivity contribution in [3.8, 4) is 0 Å². The fourth-order valence-electron chi connectivity index (χ4n) is 0. The second-order valence-electron chi connectivity index (χ2n) is 0.447. The van der Waals surface area contributed by atoms with Crippen LogP contribution in [0.5, 0.6) is 0 Å². The van der Waals surface area contributed by atoms with Crippen LogP contribution >= 0.6 is 0 Å². The zero-order chi connectivity index (χ0) is 7.15. The number of rotatable bonds is 0. The first-order chi connectivity index (χ1) is 3.46. The Balaban J connectivity index is -0.0000000720. The molecule has 0 rings (SSSR count). The summed E-state index contributed by atoms with van der Waals surface area (Å²) in [4.78, 5) is 16.5. The van der Waals surface area contributed by atoms with Crippen molar-refractivity contribution >= 4 is 0 Å². The summed E-state index contributed by atoms with van der Waals surface area (Å²) in [6, 6.07) is 0. The summed E-state index contributed by atoms with van der Waals surface area (Å²) in [7, 11) is 0. The number of hydrogen-bond donors (Lipinski definition) is 0. The Morgan fingerprint density at radius 1 is 0.778 bits per heavy atom. The van der Waals surface area contributed by atoms with Crippen molar-refractivity contribution in [1.82, 2.24) is 0 Å². The van der Waals surface area contributed by atoms with Gasteiger partial charge in [0.25, 0.3) is 0 Å². The molecule has 9 heteroatoms. The molecule has 57 valence electrons. The van der Waals surface area contributed by atoms with E-state index in [4.69, 9.17) is 30.6 Å². The summed E-state index contributed by atoms with van der Waals surface area (Å²) in [6.07, 6.45) is 0. The fraction of sp³-hybridized carbons (Fsp3) is 0. The van der Waals surface area contributed by atoms with Crippen LogP contribution in [0.15, 0.2) is 0 Å². The molecule has 0 aliphatic heterocycles. The van der Waals surface area contributed by atoms with Gasteiger partial charge in [-0.1, -0.05) is 0 Å². The molecular formula is AgN2O6. The van der Waals surface area contributed by atoms with Crippen LogP contribution in [-0.2, 0) is 22.4 Å². The van der Waals surface area contributed by atoms with Gasteiger partial charge in [0.2, 0.25) is 0 Å². The molecule has 0 heterocycles. The normalized spacial score (nSPS) is 5.33. The van der Waals surface area contributed by atoms with Crippen LogP contribution in [0.4, 0.5) is 0 Å². The molecule has 0 spiro atoms. The van der Waals surface area contributed by atoms with Crippen LogP contribution in [0.3, 0.4) is 0 Å². The Labute approximate surface area is 63.8 Å². The van der Waals surface area contributed by atoms with Gasteiger partial charge < -0.3 is 30.6 Å². The minimum atomic E-state index is -1.75.